The van der Waals surface area contributed by atoms with E-state index in [1.165, 1.54) is 0 Å². The Morgan fingerprint density at radius 3 is 2.68 bits per heavy atom. The molecule has 0 fully saturated rings. The zero-order chi connectivity index (χ0) is 13.6. The number of benzene rings is 1. The van der Waals surface area contributed by atoms with Gasteiger partial charge in [-0.25, -0.2) is 0 Å². The summed E-state index contributed by atoms with van der Waals surface area (Å²) in [5.41, 5.74) is 0.848. The van der Waals surface area contributed by atoms with Crippen molar-refractivity contribution < 1.29 is 9.84 Å². The van der Waals surface area contributed by atoms with Crippen molar-refractivity contribution in [3.05, 3.63) is 47.4 Å². The van der Waals surface area contributed by atoms with Crippen molar-refractivity contribution in [1.82, 2.24) is 0 Å². The largest absolute Gasteiger partial charge is 0.484 e. The van der Waals surface area contributed by atoms with Crippen molar-refractivity contribution >= 4 is 59.1 Å². The van der Waals surface area contributed by atoms with E-state index in [0.717, 1.165) is 28.9 Å². The van der Waals surface area contributed by atoms with Crippen molar-refractivity contribution in [3.8, 4) is 5.75 Å². The smallest absolute Gasteiger partial charge is 0.136 e. The molecule has 2 aromatic rings. The van der Waals surface area contributed by atoms with Gasteiger partial charge in [0, 0.05) is 25.8 Å². The highest BCUT2D eigenvalue weighted by molar-refractivity contribution is 9.13. The molecule has 0 spiro atoms. The maximum absolute atomic E-state index is 10.3. The number of thiophene rings is 1. The highest BCUT2D eigenvalue weighted by Gasteiger charge is 2.29. The summed E-state index contributed by atoms with van der Waals surface area (Å²) >= 11 is 12.0. The second kappa shape index (κ2) is 5.48. The Hall–Kier alpha value is 0.120. The van der Waals surface area contributed by atoms with E-state index in [1.807, 2.05) is 24.3 Å². The zero-order valence-corrected chi connectivity index (χ0v) is 15.1. The average molecular weight is 469 g/mol. The third-order valence-electron chi connectivity index (χ3n) is 3.02. The highest BCUT2D eigenvalue weighted by Crippen LogP contribution is 2.45. The molecule has 2 heterocycles. The fraction of sp³-hybridized carbons (Fsp3) is 0.231. The Labute approximate surface area is 140 Å². The van der Waals surface area contributed by atoms with Crippen LogP contribution in [-0.2, 0) is 0 Å². The Bertz CT molecular complexity index is 607. The fourth-order valence-corrected chi connectivity index (χ4v) is 4.63. The molecule has 1 aromatic carbocycles. The molecular weight excluding hydrogens is 460 g/mol. The number of halogens is 3. The average Bonchev–Trinajstić information content (AvgIpc) is 2.70. The van der Waals surface area contributed by atoms with Gasteiger partial charge in [-0.1, -0.05) is 15.9 Å². The Kier molecular flexibility index (Phi) is 4.06. The third kappa shape index (κ3) is 2.78. The molecule has 2 nitrogen and oxygen atoms in total. The molecule has 1 N–H and O–H groups in total. The van der Waals surface area contributed by atoms with Crippen molar-refractivity contribution in [3.63, 3.8) is 0 Å². The van der Waals surface area contributed by atoms with Gasteiger partial charge >= 0.3 is 0 Å². The fourth-order valence-electron chi connectivity index (χ4n) is 2.11. The molecular formula is C13H9Br3O2S. The summed E-state index contributed by atoms with van der Waals surface area (Å²) in [7, 11) is 0. The van der Waals surface area contributed by atoms with Crippen LogP contribution in [0.4, 0.5) is 0 Å². The maximum atomic E-state index is 10.3. The lowest BCUT2D eigenvalue weighted by molar-refractivity contribution is 0.0673. The molecule has 6 heteroatoms. The van der Waals surface area contributed by atoms with Crippen LogP contribution in [0.2, 0.25) is 0 Å². The highest BCUT2D eigenvalue weighted by atomic mass is 79.9. The minimum atomic E-state index is -0.495. The van der Waals surface area contributed by atoms with Gasteiger partial charge in [0.15, 0.2) is 0 Å². The molecule has 0 saturated heterocycles. The lowest BCUT2D eigenvalue weighted by atomic mass is 9.98. The van der Waals surface area contributed by atoms with Gasteiger partial charge in [0.2, 0.25) is 0 Å². The molecule has 1 aliphatic rings. The molecule has 1 aromatic heterocycles. The van der Waals surface area contributed by atoms with Crippen LogP contribution < -0.4 is 4.74 Å². The van der Waals surface area contributed by atoms with E-state index in [-0.39, 0.29) is 6.10 Å². The van der Waals surface area contributed by atoms with Crippen LogP contribution in [0, 0.1) is 0 Å². The summed E-state index contributed by atoms with van der Waals surface area (Å²) in [6.45, 7) is 0. The first kappa shape index (κ1) is 14.1. The minimum Gasteiger partial charge on any atom is -0.484 e. The van der Waals surface area contributed by atoms with Gasteiger partial charge in [-0.3, -0.25) is 0 Å². The van der Waals surface area contributed by atoms with E-state index in [1.54, 1.807) is 11.3 Å². The predicted molar refractivity (Wildman–Crippen MR) is 86.8 cm³/mol. The molecule has 19 heavy (non-hydrogen) atoms. The number of aliphatic hydroxyl groups is 1. The lowest BCUT2D eigenvalue weighted by Crippen LogP contribution is -2.18. The summed E-state index contributed by atoms with van der Waals surface area (Å²) in [5.74, 6) is 0.757. The molecule has 0 aliphatic carbocycles. The minimum absolute atomic E-state index is 0.101. The molecule has 0 bridgehead atoms. The number of hydrogen-bond acceptors (Lipinski definition) is 3. The standard InChI is InChI=1S/C13H9Br3O2S/c14-6-1-2-10-7(3-6)9(17)5-11(18-10)12-4-8(15)13(16)19-12/h1-4,9,11,17H,5H2/t9-,11?/m0/s1. The van der Waals surface area contributed by atoms with Gasteiger partial charge in [-0.2, -0.15) is 0 Å². The molecule has 0 radical (unpaired) electrons. The van der Waals surface area contributed by atoms with Gasteiger partial charge in [-0.05, 0) is 56.1 Å². The normalized spacial score (nSPS) is 21.9. The summed E-state index contributed by atoms with van der Waals surface area (Å²) < 4.78 is 9.02. The van der Waals surface area contributed by atoms with Crippen LogP contribution in [-0.4, -0.2) is 5.11 Å². The first-order chi connectivity index (χ1) is 9.04. The van der Waals surface area contributed by atoms with E-state index >= 15 is 0 Å². The number of fused-ring (bicyclic) bond motifs is 1. The van der Waals surface area contributed by atoms with E-state index in [4.69, 9.17) is 4.74 Å². The van der Waals surface area contributed by atoms with Crippen LogP contribution in [0.25, 0.3) is 0 Å². The second-order valence-corrected chi connectivity index (χ2v) is 8.48. The summed E-state index contributed by atoms with van der Waals surface area (Å²) in [6.07, 6.45) is -0.0229. The van der Waals surface area contributed by atoms with Crippen molar-refractivity contribution in [2.75, 3.05) is 0 Å². The molecule has 3 rings (SSSR count). The van der Waals surface area contributed by atoms with Crippen molar-refractivity contribution in [1.29, 1.82) is 0 Å². The molecule has 1 aliphatic heterocycles. The summed E-state index contributed by atoms with van der Waals surface area (Å²) in [5, 5.41) is 10.3. The summed E-state index contributed by atoms with van der Waals surface area (Å²) in [6, 6.07) is 7.77. The number of ether oxygens (including phenoxy) is 1. The lowest BCUT2D eigenvalue weighted by Gasteiger charge is -2.29. The molecule has 0 saturated carbocycles. The Balaban J connectivity index is 1.94. The van der Waals surface area contributed by atoms with E-state index < -0.39 is 6.10 Å². The maximum Gasteiger partial charge on any atom is 0.136 e. The second-order valence-electron chi connectivity index (χ2n) is 4.31. The van der Waals surface area contributed by atoms with Gasteiger partial charge in [0.25, 0.3) is 0 Å². The molecule has 0 amide bonds. The molecule has 100 valence electrons. The zero-order valence-electron chi connectivity index (χ0n) is 9.57. The van der Waals surface area contributed by atoms with Crippen LogP contribution in [0.5, 0.6) is 5.75 Å². The number of rotatable bonds is 1. The topological polar surface area (TPSA) is 29.5 Å². The van der Waals surface area contributed by atoms with E-state index in [9.17, 15) is 5.11 Å². The molecule has 1 unspecified atom stereocenters. The van der Waals surface area contributed by atoms with Crippen molar-refractivity contribution in [2.24, 2.45) is 0 Å². The van der Waals surface area contributed by atoms with Crippen LogP contribution in [0.1, 0.15) is 29.1 Å². The summed E-state index contributed by atoms with van der Waals surface area (Å²) in [4.78, 5) is 1.10. The predicted octanol–water partition coefficient (Wildman–Crippen LogP) is 5.59. The van der Waals surface area contributed by atoms with Gasteiger partial charge in [0.1, 0.15) is 11.9 Å². The van der Waals surface area contributed by atoms with Gasteiger partial charge in [0.05, 0.1) is 9.89 Å². The van der Waals surface area contributed by atoms with Gasteiger partial charge < -0.3 is 9.84 Å². The monoisotopic (exact) mass is 466 g/mol. The van der Waals surface area contributed by atoms with E-state index in [2.05, 4.69) is 47.8 Å². The van der Waals surface area contributed by atoms with Crippen molar-refractivity contribution in [2.45, 2.75) is 18.6 Å². The SMILES string of the molecule is O[C@H]1CC(c2cc(Br)c(Br)s2)Oc2ccc(Br)cc21. The third-order valence-corrected chi connectivity index (χ3v) is 6.86. The van der Waals surface area contributed by atoms with E-state index in [0.29, 0.717) is 6.42 Å². The molecule has 2 atom stereocenters. The first-order valence-electron chi connectivity index (χ1n) is 5.63. The number of hydrogen-bond donors (Lipinski definition) is 1. The Morgan fingerprint density at radius 1 is 1.21 bits per heavy atom. The van der Waals surface area contributed by atoms with Crippen LogP contribution in [0.15, 0.2) is 37.0 Å². The van der Waals surface area contributed by atoms with Crippen LogP contribution >= 0.6 is 59.1 Å². The first-order valence-corrected chi connectivity index (χ1v) is 8.83. The number of aliphatic hydroxyl groups excluding tert-OH is 1. The van der Waals surface area contributed by atoms with Crippen LogP contribution in [0.3, 0.4) is 0 Å². The van der Waals surface area contributed by atoms with Gasteiger partial charge in [-0.15, -0.1) is 11.3 Å². The quantitative estimate of drug-likeness (QED) is 0.591. The Morgan fingerprint density at radius 2 is 2.00 bits per heavy atom.